The van der Waals surface area contributed by atoms with Crippen LogP contribution in [-0.2, 0) is 24.2 Å². The lowest BCUT2D eigenvalue weighted by Gasteiger charge is -2.34. The zero-order chi connectivity index (χ0) is 21.9. The Morgan fingerprint density at radius 3 is 2.66 bits per heavy atom. The molecule has 0 unspecified atom stereocenters. The molecule has 0 radical (unpaired) electrons. The number of fused-ring (bicyclic) bond motifs is 1. The number of anilines is 2. The van der Waals surface area contributed by atoms with E-state index in [0.717, 1.165) is 69.7 Å². The summed E-state index contributed by atoms with van der Waals surface area (Å²) in [5, 5.41) is 2.90. The molecule has 2 fully saturated rings. The zero-order valence-electron chi connectivity index (χ0n) is 19.2. The summed E-state index contributed by atoms with van der Waals surface area (Å²) < 4.78 is 2.45. The lowest BCUT2D eigenvalue weighted by molar-refractivity contribution is -0.116. The van der Waals surface area contributed by atoms with Gasteiger partial charge in [0, 0.05) is 50.3 Å². The van der Waals surface area contributed by atoms with Gasteiger partial charge in [-0.2, -0.15) is 0 Å². The van der Waals surface area contributed by atoms with Crippen LogP contribution in [0.25, 0.3) is 0 Å². The molecule has 3 aliphatic heterocycles. The highest BCUT2D eigenvalue weighted by Crippen LogP contribution is 2.34. The van der Waals surface area contributed by atoms with E-state index in [1.807, 2.05) is 0 Å². The number of imidazole rings is 1. The van der Waals surface area contributed by atoms with Crippen molar-refractivity contribution in [1.29, 1.82) is 0 Å². The van der Waals surface area contributed by atoms with Crippen molar-refractivity contribution in [3.63, 3.8) is 0 Å². The Hall–Kier alpha value is -2.48. The molecule has 0 aromatic carbocycles. The van der Waals surface area contributed by atoms with Gasteiger partial charge >= 0.3 is 0 Å². The van der Waals surface area contributed by atoms with Crippen molar-refractivity contribution < 1.29 is 4.79 Å². The molecule has 2 aromatic heterocycles. The number of aromatic nitrogens is 4. The molecule has 0 atom stereocenters. The zero-order valence-corrected chi connectivity index (χ0v) is 19.2. The summed E-state index contributed by atoms with van der Waals surface area (Å²) in [6.07, 6.45) is 12.2. The molecule has 2 saturated heterocycles. The Morgan fingerprint density at radius 1 is 1.06 bits per heavy atom. The highest BCUT2D eigenvalue weighted by Gasteiger charge is 2.29. The normalized spacial score (nSPS) is 19.9. The van der Waals surface area contributed by atoms with E-state index in [4.69, 9.17) is 4.98 Å². The minimum atomic E-state index is 0.0458. The van der Waals surface area contributed by atoms with Crippen LogP contribution in [0.4, 0.5) is 11.6 Å². The number of aryl methyl sites for hydroxylation is 1. The van der Waals surface area contributed by atoms with E-state index in [1.165, 1.54) is 37.4 Å². The summed E-state index contributed by atoms with van der Waals surface area (Å²) in [7, 11) is 0. The molecule has 8 heteroatoms. The molecular formula is C24H35N7O. The van der Waals surface area contributed by atoms with E-state index in [1.54, 1.807) is 6.33 Å². The number of hydrogen-bond donors (Lipinski definition) is 1. The Bertz CT molecular complexity index is 942. The fourth-order valence-corrected chi connectivity index (χ4v) is 5.42. The Morgan fingerprint density at radius 2 is 1.88 bits per heavy atom. The van der Waals surface area contributed by atoms with Crippen LogP contribution in [0.2, 0.25) is 0 Å². The summed E-state index contributed by atoms with van der Waals surface area (Å²) in [6.45, 7) is 8.82. The van der Waals surface area contributed by atoms with Gasteiger partial charge in [-0.15, -0.1) is 0 Å². The molecule has 0 saturated carbocycles. The summed E-state index contributed by atoms with van der Waals surface area (Å²) in [6, 6.07) is 0. The fraction of sp³-hybridized carbons (Fsp3) is 0.667. The van der Waals surface area contributed by atoms with E-state index >= 15 is 0 Å². The quantitative estimate of drug-likeness (QED) is 0.717. The maximum absolute atomic E-state index is 11.7. The van der Waals surface area contributed by atoms with Crippen molar-refractivity contribution in [3.8, 4) is 0 Å². The first-order valence-corrected chi connectivity index (χ1v) is 12.4. The highest BCUT2D eigenvalue weighted by molar-refractivity contribution is 5.93. The summed E-state index contributed by atoms with van der Waals surface area (Å²) in [4.78, 5) is 30.7. The molecule has 1 amide bonds. The number of hydrogen-bond acceptors (Lipinski definition) is 6. The number of piperidine rings is 1. The predicted octanol–water partition coefficient (Wildman–Crippen LogP) is 2.99. The third-order valence-electron chi connectivity index (χ3n) is 7.16. The van der Waals surface area contributed by atoms with Gasteiger partial charge in [0.25, 0.3) is 0 Å². The maximum atomic E-state index is 11.7. The number of carbonyl (C=O) groups excluding carboxylic acids is 1. The van der Waals surface area contributed by atoms with Crippen molar-refractivity contribution in [3.05, 3.63) is 29.6 Å². The molecule has 172 valence electrons. The monoisotopic (exact) mass is 437 g/mol. The van der Waals surface area contributed by atoms with Gasteiger partial charge in [-0.1, -0.05) is 13.3 Å². The maximum Gasteiger partial charge on any atom is 0.225 e. The lowest BCUT2D eigenvalue weighted by Crippen LogP contribution is -2.36. The summed E-state index contributed by atoms with van der Waals surface area (Å²) in [5.41, 5.74) is 2.33. The Labute approximate surface area is 190 Å². The molecular weight excluding hydrogens is 402 g/mol. The van der Waals surface area contributed by atoms with Crippen LogP contribution in [0.5, 0.6) is 0 Å². The highest BCUT2D eigenvalue weighted by atomic mass is 16.1. The average Bonchev–Trinajstić information content (AvgIpc) is 3.47. The standard InChI is InChI=1S/C24H35N7O/c1-2-5-19-16-31(15-14-29-10-3-4-11-29)23(27-19)18-8-12-30(13-9-18)24-20-6-7-21(32)28-22(20)25-17-26-24/h16-18H,2-15H2,1H3,(H,25,26,28,32). The van der Waals surface area contributed by atoms with Crippen LogP contribution in [0.1, 0.15) is 68.4 Å². The Balaban J connectivity index is 1.28. The molecule has 5 rings (SSSR count). The van der Waals surface area contributed by atoms with Crippen molar-refractivity contribution in [2.75, 3.05) is 42.9 Å². The van der Waals surface area contributed by atoms with Crippen LogP contribution in [0, 0.1) is 0 Å². The smallest absolute Gasteiger partial charge is 0.225 e. The number of rotatable bonds is 7. The van der Waals surface area contributed by atoms with Crippen molar-refractivity contribution in [1.82, 2.24) is 24.4 Å². The Kier molecular flexibility index (Phi) is 6.39. The molecule has 3 aliphatic rings. The van der Waals surface area contributed by atoms with Gasteiger partial charge in [0.15, 0.2) is 0 Å². The second-order valence-corrected chi connectivity index (χ2v) is 9.42. The number of amides is 1. The number of carbonyl (C=O) groups is 1. The fourth-order valence-electron chi connectivity index (χ4n) is 5.42. The third kappa shape index (κ3) is 4.51. The summed E-state index contributed by atoms with van der Waals surface area (Å²) in [5.74, 6) is 3.51. The first-order valence-electron chi connectivity index (χ1n) is 12.4. The minimum absolute atomic E-state index is 0.0458. The minimum Gasteiger partial charge on any atom is -0.356 e. The number of likely N-dealkylation sites (tertiary alicyclic amines) is 1. The van der Waals surface area contributed by atoms with E-state index in [2.05, 4.69) is 42.8 Å². The van der Waals surface area contributed by atoms with Crippen molar-refractivity contribution in [2.45, 2.75) is 70.8 Å². The topological polar surface area (TPSA) is 79.2 Å². The molecule has 0 spiro atoms. The first-order chi connectivity index (χ1) is 15.7. The van der Waals surface area contributed by atoms with Crippen LogP contribution >= 0.6 is 0 Å². The van der Waals surface area contributed by atoms with E-state index in [0.29, 0.717) is 18.2 Å². The largest absolute Gasteiger partial charge is 0.356 e. The van der Waals surface area contributed by atoms with Crippen LogP contribution < -0.4 is 10.2 Å². The van der Waals surface area contributed by atoms with Gasteiger partial charge in [-0.3, -0.25) is 4.79 Å². The van der Waals surface area contributed by atoms with Crippen LogP contribution in [0.3, 0.4) is 0 Å². The van der Waals surface area contributed by atoms with E-state index in [-0.39, 0.29) is 5.91 Å². The molecule has 32 heavy (non-hydrogen) atoms. The van der Waals surface area contributed by atoms with Gasteiger partial charge in [0.1, 0.15) is 23.8 Å². The molecule has 2 aromatic rings. The average molecular weight is 438 g/mol. The third-order valence-corrected chi connectivity index (χ3v) is 7.16. The molecule has 0 bridgehead atoms. The SMILES string of the molecule is CCCc1cn(CCN2CCCC2)c(C2CCN(c3ncnc4c3CCC(=O)N4)CC2)n1. The number of nitrogens with one attached hydrogen (secondary N) is 1. The number of nitrogens with zero attached hydrogens (tertiary/aromatic N) is 6. The van der Waals surface area contributed by atoms with Crippen molar-refractivity contribution in [2.24, 2.45) is 0 Å². The van der Waals surface area contributed by atoms with Gasteiger partial charge in [-0.05, 0) is 51.6 Å². The molecule has 5 heterocycles. The second-order valence-electron chi connectivity index (χ2n) is 9.42. The van der Waals surface area contributed by atoms with Gasteiger partial charge < -0.3 is 19.7 Å². The molecule has 8 nitrogen and oxygen atoms in total. The first kappa shape index (κ1) is 21.4. The molecule has 1 N–H and O–H groups in total. The van der Waals surface area contributed by atoms with E-state index in [9.17, 15) is 4.79 Å². The lowest BCUT2D eigenvalue weighted by atomic mass is 9.95. The van der Waals surface area contributed by atoms with Crippen LogP contribution in [0.15, 0.2) is 12.5 Å². The van der Waals surface area contributed by atoms with Gasteiger partial charge in [0.2, 0.25) is 5.91 Å². The van der Waals surface area contributed by atoms with Crippen LogP contribution in [-0.4, -0.2) is 63.0 Å². The van der Waals surface area contributed by atoms with E-state index < -0.39 is 0 Å². The molecule has 0 aliphatic carbocycles. The van der Waals surface area contributed by atoms with Crippen molar-refractivity contribution >= 4 is 17.5 Å². The summed E-state index contributed by atoms with van der Waals surface area (Å²) >= 11 is 0. The van der Waals surface area contributed by atoms with Gasteiger partial charge in [0.05, 0.1) is 5.69 Å². The van der Waals surface area contributed by atoms with Gasteiger partial charge in [-0.25, -0.2) is 15.0 Å². The second kappa shape index (κ2) is 9.57. The predicted molar refractivity (Wildman–Crippen MR) is 125 cm³/mol.